The van der Waals surface area contributed by atoms with E-state index in [1.165, 1.54) is 0 Å². The third-order valence-corrected chi connectivity index (χ3v) is 2.67. The minimum absolute atomic E-state index is 0.0611. The average Bonchev–Trinajstić information content (AvgIpc) is 2.25. The molecule has 0 aliphatic heterocycles. The normalized spacial score (nSPS) is 12.5. The van der Waals surface area contributed by atoms with Gasteiger partial charge in [0.15, 0.2) is 5.78 Å². The standard InChI is InChI=1S/C12H16ClNO/c1-2-3-8-11(14)12(15)9-6-4-5-7-10(9)13/h4-7,11H,2-3,8,14H2,1H3. The predicted octanol–water partition coefficient (Wildman–Crippen LogP) is 3.04. The molecule has 1 aromatic carbocycles. The van der Waals surface area contributed by atoms with Crippen LogP contribution in [0.25, 0.3) is 0 Å². The molecule has 0 bridgehead atoms. The van der Waals surface area contributed by atoms with Crippen LogP contribution in [0.3, 0.4) is 0 Å². The number of ketones is 1. The van der Waals surface area contributed by atoms with E-state index in [1.54, 1.807) is 24.3 Å². The van der Waals surface area contributed by atoms with Gasteiger partial charge in [-0.3, -0.25) is 4.79 Å². The summed E-state index contributed by atoms with van der Waals surface area (Å²) in [7, 11) is 0. The summed E-state index contributed by atoms with van der Waals surface area (Å²) in [5, 5.41) is 0.481. The SMILES string of the molecule is CCCCC(N)C(=O)c1ccccc1Cl. The van der Waals surface area contributed by atoms with Crippen LogP contribution in [0.15, 0.2) is 24.3 Å². The van der Waals surface area contributed by atoms with Gasteiger partial charge >= 0.3 is 0 Å². The molecule has 0 aromatic heterocycles. The summed E-state index contributed by atoms with van der Waals surface area (Å²) < 4.78 is 0. The average molecular weight is 226 g/mol. The molecule has 0 spiro atoms. The molecule has 2 nitrogen and oxygen atoms in total. The van der Waals surface area contributed by atoms with E-state index in [2.05, 4.69) is 6.92 Å². The zero-order valence-corrected chi connectivity index (χ0v) is 9.63. The second-order valence-electron chi connectivity index (χ2n) is 3.59. The van der Waals surface area contributed by atoms with Crippen molar-refractivity contribution >= 4 is 17.4 Å². The molecule has 2 N–H and O–H groups in total. The Labute approximate surface area is 95.4 Å². The van der Waals surface area contributed by atoms with Crippen molar-refractivity contribution < 1.29 is 4.79 Å². The van der Waals surface area contributed by atoms with Gasteiger partial charge in [-0.05, 0) is 18.6 Å². The van der Waals surface area contributed by atoms with Crippen molar-refractivity contribution in [1.29, 1.82) is 0 Å². The summed E-state index contributed by atoms with van der Waals surface area (Å²) in [5.74, 6) is -0.0611. The molecule has 15 heavy (non-hydrogen) atoms. The van der Waals surface area contributed by atoms with Crippen LogP contribution >= 0.6 is 11.6 Å². The fourth-order valence-corrected chi connectivity index (χ4v) is 1.64. The molecule has 1 aromatic rings. The Morgan fingerprint density at radius 3 is 2.73 bits per heavy atom. The van der Waals surface area contributed by atoms with Crippen LogP contribution in [0.4, 0.5) is 0 Å². The highest BCUT2D eigenvalue weighted by Crippen LogP contribution is 2.17. The molecule has 1 rings (SSSR count). The lowest BCUT2D eigenvalue weighted by molar-refractivity contribution is 0.0956. The van der Waals surface area contributed by atoms with Crippen molar-refractivity contribution in [1.82, 2.24) is 0 Å². The van der Waals surface area contributed by atoms with Crippen molar-refractivity contribution in [3.8, 4) is 0 Å². The molecule has 82 valence electrons. The maximum atomic E-state index is 11.9. The molecule has 1 atom stereocenters. The predicted molar refractivity (Wildman–Crippen MR) is 63.3 cm³/mol. The molecule has 0 amide bonds. The number of rotatable bonds is 5. The number of Topliss-reactive ketones (excluding diaryl/α,β-unsaturated/α-hetero) is 1. The number of carbonyl (C=O) groups excluding carboxylic acids is 1. The number of halogens is 1. The molecule has 0 radical (unpaired) electrons. The number of nitrogens with two attached hydrogens (primary N) is 1. The zero-order chi connectivity index (χ0) is 11.3. The van der Waals surface area contributed by atoms with Crippen LogP contribution in [-0.4, -0.2) is 11.8 Å². The molecule has 0 saturated carbocycles. The van der Waals surface area contributed by atoms with E-state index >= 15 is 0 Å². The summed E-state index contributed by atoms with van der Waals surface area (Å²) in [6.45, 7) is 2.08. The molecule has 0 heterocycles. The first-order valence-electron chi connectivity index (χ1n) is 5.21. The lowest BCUT2D eigenvalue weighted by Gasteiger charge is -2.10. The van der Waals surface area contributed by atoms with Gasteiger partial charge in [-0.2, -0.15) is 0 Å². The Balaban J connectivity index is 2.72. The highest BCUT2D eigenvalue weighted by Gasteiger charge is 2.17. The van der Waals surface area contributed by atoms with E-state index in [-0.39, 0.29) is 5.78 Å². The second kappa shape index (κ2) is 5.89. The smallest absolute Gasteiger partial charge is 0.181 e. The molecule has 0 aliphatic rings. The van der Waals surface area contributed by atoms with E-state index in [1.807, 2.05) is 0 Å². The largest absolute Gasteiger partial charge is 0.321 e. The monoisotopic (exact) mass is 225 g/mol. The van der Waals surface area contributed by atoms with Crippen LogP contribution in [0.5, 0.6) is 0 Å². The molecular formula is C12H16ClNO. The van der Waals surface area contributed by atoms with Gasteiger partial charge < -0.3 is 5.73 Å². The minimum Gasteiger partial charge on any atom is -0.321 e. The molecule has 0 aliphatic carbocycles. The molecule has 0 fully saturated rings. The van der Waals surface area contributed by atoms with Crippen LogP contribution in [-0.2, 0) is 0 Å². The minimum atomic E-state index is -0.426. The Kier molecular flexibility index (Phi) is 4.79. The van der Waals surface area contributed by atoms with E-state index in [0.717, 1.165) is 19.3 Å². The fourth-order valence-electron chi connectivity index (χ4n) is 1.42. The van der Waals surface area contributed by atoms with Crippen molar-refractivity contribution in [3.63, 3.8) is 0 Å². The zero-order valence-electron chi connectivity index (χ0n) is 8.87. The van der Waals surface area contributed by atoms with Gasteiger partial charge in [-0.25, -0.2) is 0 Å². The summed E-state index contributed by atoms with van der Waals surface area (Å²) in [6.07, 6.45) is 2.74. The van der Waals surface area contributed by atoms with Crippen molar-refractivity contribution in [3.05, 3.63) is 34.9 Å². The third-order valence-electron chi connectivity index (χ3n) is 2.34. The van der Waals surface area contributed by atoms with Gasteiger partial charge in [0.2, 0.25) is 0 Å². The van der Waals surface area contributed by atoms with Crippen LogP contribution in [0.1, 0.15) is 36.5 Å². The topological polar surface area (TPSA) is 43.1 Å². The first kappa shape index (κ1) is 12.2. The number of hydrogen-bond donors (Lipinski definition) is 1. The van der Waals surface area contributed by atoms with E-state index < -0.39 is 6.04 Å². The maximum Gasteiger partial charge on any atom is 0.181 e. The fraction of sp³-hybridized carbons (Fsp3) is 0.417. The van der Waals surface area contributed by atoms with Crippen molar-refractivity contribution in [2.45, 2.75) is 32.2 Å². The van der Waals surface area contributed by atoms with Gasteiger partial charge in [0.1, 0.15) is 0 Å². The number of hydrogen-bond acceptors (Lipinski definition) is 2. The maximum absolute atomic E-state index is 11.9. The van der Waals surface area contributed by atoms with Crippen LogP contribution < -0.4 is 5.73 Å². The van der Waals surface area contributed by atoms with Crippen LogP contribution in [0, 0.1) is 0 Å². The van der Waals surface area contributed by atoms with Gasteiger partial charge in [0.25, 0.3) is 0 Å². The Morgan fingerprint density at radius 1 is 1.47 bits per heavy atom. The molecule has 3 heteroatoms. The summed E-state index contributed by atoms with van der Waals surface area (Å²) in [6, 6.07) is 6.60. The third kappa shape index (κ3) is 3.33. The Hall–Kier alpha value is -0.860. The lowest BCUT2D eigenvalue weighted by Crippen LogP contribution is -2.30. The first-order valence-corrected chi connectivity index (χ1v) is 5.59. The number of benzene rings is 1. The van der Waals surface area contributed by atoms with Gasteiger partial charge in [-0.15, -0.1) is 0 Å². The van der Waals surface area contributed by atoms with Crippen LogP contribution in [0.2, 0.25) is 5.02 Å². The van der Waals surface area contributed by atoms with E-state index in [9.17, 15) is 4.79 Å². The second-order valence-corrected chi connectivity index (χ2v) is 4.00. The van der Waals surface area contributed by atoms with Gasteiger partial charge in [0, 0.05) is 5.56 Å². The lowest BCUT2D eigenvalue weighted by atomic mass is 10.0. The van der Waals surface area contributed by atoms with Gasteiger partial charge in [-0.1, -0.05) is 43.5 Å². The van der Waals surface area contributed by atoms with Gasteiger partial charge in [0.05, 0.1) is 11.1 Å². The highest BCUT2D eigenvalue weighted by molar-refractivity contribution is 6.34. The molecular weight excluding hydrogens is 210 g/mol. The van der Waals surface area contributed by atoms with Crippen molar-refractivity contribution in [2.24, 2.45) is 5.73 Å². The van der Waals surface area contributed by atoms with E-state index in [4.69, 9.17) is 17.3 Å². The number of unbranched alkanes of at least 4 members (excludes halogenated alkanes) is 1. The number of carbonyl (C=O) groups is 1. The Morgan fingerprint density at radius 2 is 2.13 bits per heavy atom. The molecule has 0 saturated heterocycles. The van der Waals surface area contributed by atoms with E-state index in [0.29, 0.717) is 10.6 Å². The first-order chi connectivity index (χ1) is 7.16. The summed E-state index contributed by atoms with van der Waals surface area (Å²) in [5.41, 5.74) is 6.33. The summed E-state index contributed by atoms with van der Waals surface area (Å²) >= 11 is 5.92. The molecule has 1 unspecified atom stereocenters. The van der Waals surface area contributed by atoms with Crippen molar-refractivity contribution in [2.75, 3.05) is 0 Å². The Bertz CT molecular complexity index is 338. The highest BCUT2D eigenvalue weighted by atomic mass is 35.5. The quantitative estimate of drug-likeness (QED) is 0.783. The summed E-state index contributed by atoms with van der Waals surface area (Å²) in [4.78, 5) is 11.9.